The molecule has 1 aromatic rings. The number of anilines is 1. The second kappa shape index (κ2) is 9.24. The van der Waals surface area contributed by atoms with Crippen molar-refractivity contribution >= 4 is 23.6 Å². The Labute approximate surface area is 134 Å². The van der Waals surface area contributed by atoms with Gasteiger partial charge in [-0.1, -0.05) is 18.2 Å². The van der Waals surface area contributed by atoms with Gasteiger partial charge in [0.05, 0.1) is 13.2 Å². The van der Waals surface area contributed by atoms with Gasteiger partial charge in [-0.2, -0.15) is 0 Å². The van der Waals surface area contributed by atoms with Crippen molar-refractivity contribution < 1.29 is 29.0 Å². The summed E-state index contributed by atoms with van der Waals surface area (Å²) in [5, 5.41) is 9.04. The van der Waals surface area contributed by atoms with Crippen molar-refractivity contribution in [2.45, 2.75) is 13.8 Å². The zero-order valence-corrected chi connectivity index (χ0v) is 13.0. The molecule has 0 atom stereocenters. The molecule has 0 aliphatic rings. The zero-order chi connectivity index (χ0) is 17.2. The third-order valence-corrected chi connectivity index (χ3v) is 2.67. The van der Waals surface area contributed by atoms with Gasteiger partial charge in [0.1, 0.15) is 6.54 Å². The monoisotopic (exact) mass is 321 g/mol. The standard InChI is InChI=1S/C16H19NO6/c1-3-22-15(20)13(16(21)23-4-2)10-17(11-14(18)19)12-8-6-5-7-9-12/h5-10H,3-4,11H2,1-2H3,(H,18,19). The molecule has 0 aliphatic carbocycles. The number of esters is 2. The van der Waals surface area contributed by atoms with Crippen molar-refractivity contribution in [3.63, 3.8) is 0 Å². The molecule has 0 aromatic heterocycles. The lowest BCUT2D eigenvalue weighted by Crippen LogP contribution is -2.28. The first-order valence-corrected chi connectivity index (χ1v) is 7.09. The van der Waals surface area contributed by atoms with Gasteiger partial charge >= 0.3 is 17.9 Å². The maximum Gasteiger partial charge on any atom is 0.347 e. The lowest BCUT2D eigenvalue weighted by molar-refractivity contribution is -0.146. The Balaban J connectivity index is 3.22. The van der Waals surface area contributed by atoms with Gasteiger partial charge in [-0.3, -0.25) is 4.79 Å². The first kappa shape index (κ1) is 18.2. The van der Waals surface area contributed by atoms with E-state index in [1.54, 1.807) is 44.2 Å². The number of carbonyl (C=O) groups excluding carboxylic acids is 2. The number of nitrogens with zero attached hydrogens (tertiary/aromatic N) is 1. The second-order valence-electron chi connectivity index (χ2n) is 4.34. The molecule has 0 spiro atoms. The van der Waals surface area contributed by atoms with E-state index in [1.807, 2.05) is 0 Å². The summed E-state index contributed by atoms with van der Waals surface area (Å²) in [4.78, 5) is 36.2. The van der Waals surface area contributed by atoms with E-state index in [0.29, 0.717) is 5.69 Å². The SMILES string of the molecule is CCOC(=O)C(=CN(CC(=O)O)c1ccccc1)C(=O)OCC. The highest BCUT2D eigenvalue weighted by Gasteiger charge is 2.23. The van der Waals surface area contributed by atoms with Crippen molar-refractivity contribution in [3.05, 3.63) is 42.1 Å². The molecule has 0 saturated carbocycles. The molecule has 124 valence electrons. The van der Waals surface area contributed by atoms with Crippen LogP contribution in [-0.4, -0.2) is 42.8 Å². The molecule has 0 heterocycles. The number of rotatable bonds is 8. The summed E-state index contributed by atoms with van der Waals surface area (Å²) in [5.41, 5.74) is 0.153. The van der Waals surface area contributed by atoms with E-state index in [1.165, 1.54) is 4.90 Å². The van der Waals surface area contributed by atoms with Crippen LogP contribution in [0.5, 0.6) is 0 Å². The Kier molecular flexibility index (Phi) is 7.32. The highest BCUT2D eigenvalue weighted by Crippen LogP contribution is 2.16. The Morgan fingerprint density at radius 1 is 1.04 bits per heavy atom. The summed E-state index contributed by atoms with van der Waals surface area (Å²) in [6.45, 7) is 2.95. The van der Waals surface area contributed by atoms with Gasteiger partial charge in [0.15, 0.2) is 5.57 Å². The van der Waals surface area contributed by atoms with Crippen LogP contribution in [0.25, 0.3) is 0 Å². The Morgan fingerprint density at radius 3 is 2.00 bits per heavy atom. The summed E-state index contributed by atoms with van der Waals surface area (Å²) in [6.07, 6.45) is 1.14. The Morgan fingerprint density at radius 2 is 1.57 bits per heavy atom. The number of benzene rings is 1. The van der Waals surface area contributed by atoms with E-state index in [0.717, 1.165) is 6.20 Å². The molecule has 0 unspecified atom stereocenters. The number of carboxylic acids is 1. The summed E-state index contributed by atoms with van der Waals surface area (Å²) >= 11 is 0. The van der Waals surface area contributed by atoms with Crippen LogP contribution in [0.1, 0.15) is 13.8 Å². The quantitative estimate of drug-likeness (QED) is 0.336. The number of ether oxygens (including phenoxy) is 2. The summed E-state index contributed by atoms with van der Waals surface area (Å²) in [7, 11) is 0. The number of carboxylic acid groups (broad SMARTS) is 1. The summed E-state index contributed by atoms with van der Waals surface area (Å²) in [6, 6.07) is 8.52. The number of carbonyl (C=O) groups is 3. The van der Waals surface area contributed by atoms with Crippen molar-refractivity contribution in [1.82, 2.24) is 0 Å². The molecule has 0 saturated heterocycles. The van der Waals surface area contributed by atoms with Gasteiger partial charge in [0, 0.05) is 11.9 Å². The molecule has 23 heavy (non-hydrogen) atoms. The van der Waals surface area contributed by atoms with Crippen LogP contribution in [-0.2, 0) is 23.9 Å². The van der Waals surface area contributed by atoms with E-state index >= 15 is 0 Å². The highest BCUT2D eigenvalue weighted by molar-refractivity contribution is 6.14. The molecule has 0 aliphatic heterocycles. The number of hydrogen-bond donors (Lipinski definition) is 1. The molecule has 7 heteroatoms. The molecule has 1 rings (SSSR count). The second-order valence-corrected chi connectivity index (χ2v) is 4.34. The Hall–Kier alpha value is -2.83. The predicted octanol–water partition coefficient (Wildman–Crippen LogP) is 1.59. The van der Waals surface area contributed by atoms with E-state index in [4.69, 9.17) is 14.6 Å². The number of hydrogen-bond acceptors (Lipinski definition) is 6. The minimum absolute atomic E-state index is 0.0832. The molecule has 0 fully saturated rings. The van der Waals surface area contributed by atoms with Gasteiger partial charge < -0.3 is 19.5 Å². The molecule has 0 radical (unpaired) electrons. The average molecular weight is 321 g/mol. The molecule has 1 N–H and O–H groups in total. The molecular formula is C16H19NO6. The minimum atomic E-state index is -1.11. The summed E-state index contributed by atoms with van der Waals surface area (Å²) in [5.74, 6) is -2.84. The van der Waals surface area contributed by atoms with Gasteiger partial charge in [-0.25, -0.2) is 9.59 Å². The van der Waals surface area contributed by atoms with Gasteiger partial charge in [-0.15, -0.1) is 0 Å². The van der Waals surface area contributed by atoms with Crippen molar-refractivity contribution in [1.29, 1.82) is 0 Å². The molecule has 0 bridgehead atoms. The lowest BCUT2D eigenvalue weighted by atomic mass is 10.2. The minimum Gasteiger partial charge on any atom is -0.480 e. The van der Waals surface area contributed by atoms with E-state index < -0.39 is 24.5 Å². The normalized spacial score (nSPS) is 9.65. The first-order valence-electron chi connectivity index (χ1n) is 7.09. The predicted molar refractivity (Wildman–Crippen MR) is 82.8 cm³/mol. The molecule has 1 aromatic carbocycles. The average Bonchev–Trinajstić information content (AvgIpc) is 2.52. The fourth-order valence-corrected chi connectivity index (χ4v) is 1.74. The van der Waals surface area contributed by atoms with Gasteiger partial charge in [0.25, 0.3) is 0 Å². The highest BCUT2D eigenvalue weighted by atomic mass is 16.6. The topological polar surface area (TPSA) is 93.1 Å². The van der Waals surface area contributed by atoms with Crippen LogP contribution in [0.4, 0.5) is 5.69 Å². The number of aliphatic carboxylic acids is 1. The molecule has 7 nitrogen and oxygen atoms in total. The van der Waals surface area contributed by atoms with Crippen LogP contribution in [0.2, 0.25) is 0 Å². The smallest absolute Gasteiger partial charge is 0.347 e. The van der Waals surface area contributed by atoms with Crippen LogP contribution < -0.4 is 4.90 Å². The van der Waals surface area contributed by atoms with Crippen LogP contribution in [0.15, 0.2) is 42.1 Å². The largest absolute Gasteiger partial charge is 0.480 e. The van der Waals surface area contributed by atoms with E-state index in [2.05, 4.69) is 0 Å². The van der Waals surface area contributed by atoms with Crippen LogP contribution in [0, 0.1) is 0 Å². The van der Waals surface area contributed by atoms with E-state index in [9.17, 15) is 14.4 Å². The van der Waals surface area contributed by atoms with Crippen molar-refractivity contribution in [2.75, 3.05) is 24.7 Å². The fourth-order valence-electron chi connectivity index (χ4n) is 1.74. The molecule has 0 amide bonds. The third-order valence-electron chi connectivity index (χ3n) is 2.67. The van der Waals surface area contributed by atoms with E-state index in [-0.39, 0.29) is 18.8 Å². The van der Waals surface area contributed by atoms with Crippen molar-refractivity contribution in [2.24, 2.45) is 0 Å². The van der Waals surface area contributed by atoms with Crippen molar-refractivity contribution in [3.8, 4) is 0 Å². The van der Waals surface area contributed by atoms with Crippen LogP contribution >= 0.6 is 0 Å². The van der Waals surface area contributed by atoms with Gasteiger partial charge in [-0.05, 0) is 26.0 Å². The summed E-state index contributed by atoms with van der Waals surface area (Å²) < 4.78 is 9.66. The number of para-hydroxylation sites is 1. The lowest BCUT2D eigenvalue weighted by Gasteiger charge is -2.19. The molecular weight excluding hydrogens is 302 g/mol. The van der Waals surface area contributed by atoms with Crippen LogP contribution in [0.3, 0.4) is 0 Å². The fraction of sp³-hybridized carbons (Fsp3) is 0.312. The zero-order valence-electron chi connectivity index (χ0n) is 13.0. The van der Waals surface area contributed by atoms with Gasteiger partial charge in [0.2, 0.25) is 0 Å². The first-order chi connectivity index (χ1) is 11.0. The maximum atomic E-state index is 11.9. The Bertz CT molecular complexity index is 561. The maximum absolute atomic E-state index is 11.9. The third kappa shape index (κ3) is 5.82.